The molecule has 0 aliphatic carbocycles. The van der Waals surface area contributed by atoms with Crippen molar-refractivity contribution in [3.8, 4) is 6.07 Å². The van der Waals surface area contributed by atoms with Crippen molar-refractivity contribution in [1.29, 1.82) is 5.26 Å². The lowest BCUT2D eigenvalue weighted by molar-refractivity contribution is -0.123. The summed E-state index contributed by atoms with van der Waals surface area (Å²) in [7, 11) is -3.20. The molecule has 0 saturated carbocycles. The molecule has 40 heavy (non-hydrogen) atoms. The second kappa shape index (κ2) is 11.5. The minimum Gasteiger partial charge on any atom is -0.355 e. The third-order valence-corrected chi connectivity index (χ3v) is 10.8. The summed E-state index contributed by atoms with van der Waals surface area (Å²) in [5.41, 5.74) is 2.12. The maximum Gasteiger partial charge on any atom is 0.270 e. The summed E-state index contributed by atoms with van der Waals surface area (Å²) < 4.78 is 26.1. The van der Waals surface area contributed by atoms with E-state index in [9.17, 15) is 23.3 Å². The zero-order chi connectivity index (χ0) is 28.6. The van der Waals surface area contributed by atoms with Gasteiger partial charge >= 0.3 is 0 Å². The molecule has 9 nitrogen and oxygen atoms in total. The number of nitrogens with zero attached hydrogens (tertiary/aromatic N) is 5. The highest BCUT2D eigenvalue weighted by Crippen LogP contribution is 2.38. The number of benzene rings is 1. The summed E-state index contributed by atoms with van der Waals surface area (Å²) >= 11 is 6.64. The Morgan fingerprint density at radius 1 is 1.15 bits per heavy atom. The van der Waals surface area contributed by atoms with Gasteiger partial charge in [-0.1, -0.05) is 54.3 Å². The fourth-order valence-electron chi connectivity index (χ4n) is 5.64. The number of anilines is 1. The van der Waals surface area contributed by atoms with Crippen LogP contribution in [0.15, 0.2) is 40.0 Å². The van der Waals surface area contributed by atoms with Crippen LogP contribution in [-0.4, -0.2) is 76.7 Å². The minimum atomic E-state index is -3.20. The van der Waals surface area contributed by atoms with Gasteiger partial charge in [0.1, 0.15) is 21.8 Å². The second-order valence-corrected chi connectivity index (χ2v) is 14.2. The highest BCUT2D eigenvalue weighted by atomic mass is 32.2. The van der Waals surface area contributed by atoms with E-state index in [0.717, 1.165) is 31.4 Å². The van der Waals surface area contributed by atoms with Crippen molar-refractivity contribution in [3.63, 3.8) is 0 Å². The third-order valence-electron chi connectivity index (χ3n) is 7.76. The van der Waals surface area contributed by atoms with Crippen LogP contribution in [0.3, 0.4) is 0 Å². The van der Waals surface area contributed by atoms with E-state index in [1.807, 2.05) is 25.1 Å². The zero-order valence-electron chi connectivity index (χ0n) is 22.5. The number of thioether (sulfide) groups is 1. The molecule has 4 heterocycles. The van der Waals surface area contributed by atoms with Crippen molar-refractivity contribution >= 4 is 55.9 Å². The Balaban J connectivity index is 1.49. The summed E-state index contributed by atoms with van der Waals surface area (Å²) in [6.45, 7) is 7.77. The first-order valence-electron chi connectivity index (χ1n) is 13.3. The van der Waals surface area contributed by atoms with E-state index >= 15 is 0 Å². The molecule has 1 unspecified atom stereocenters. The van der Waals surface area contributed by atoms with Crippen LogP contribution in [0, 0.1) is 18.3 Å². The lowest BCUT2D eigenvalue weighted by atomic mass is 10.0. The van der Waals surface area contributed by atoms with Gasteiger partial charge in [-0.3, -0.25) is 24.0 Å². The van der Waals surface area contributed by atoms with Crippen LogP contribution in [0.5, 0.6) is 0 Å². The van der Waals surface area contributed by atoms with Gasteiger partial charge in [0.2, 0.25) is 0 Å². The number of carbonyl (C=O) groups excluding carboxylic acids is 1. The van der Waals surface area contributed by atoms with Gasteiger partial charge in [-0.15, -0.1) is 0 Å². The number of amides is 1. The van der Waals surface area contributed by atoms with Gasteiger partial charge in [0.25, 0.3) is 11.5 Å². The normalized spacial score (nSPS) is 22.3. The molecule has 210 valence electrons. The van der Waals surface area contributed by atoms with Gasteiger partial charge < -0.3 is 4.90 Å². The van der Waals surface area contributed by atoms with Crippen molar-refractivity contribution in [2.24, 2.45) is 0 Å². The minimum absolute atomic E-state index is 0.0419. The van der Waals surface area contributed by atoms with Crippen molar-refractivity contribution in [2.75, 3.05) is 42.6 Å². The standard InChI is InChI=1S/C28H31N5O4S3/c1-3-32-25(31-12-10-30(11-13-31)17-20-7-5-4-6-8-20)22(19(2)23(16-29)26(32)34)15-24-27(35)33(28(38)39-24)21-9-14-40(36,37)18-21/h4-8,15,21H,3,9-14,17-18H2,1-2H3/b24-15+. The van der Waals surface area contributed by atoms with Gasteiger partial charge in [-0.25, -0.2) is 8.42 Å². The first kappa shape index (κ1) is 28.5. The summed E-state index contributed by atoms with van der Waals surface area (Å²) in [6, 6.07) is 11.9. The quantitative estimate of drug-likeness (QED) is 0.367. The van der Waals surface area contributed by atoms with E-state index in [4.69, 9.17) is 12.2 Å². The predicted octanol–water partition coefficient (Wildman–Crippen LogP) is 2.76. The van der Waals surface area contributed by atoms with Crippen LogP contribution in [0.25, 0.3) is 6.08 Å². The summed E-state index contributed by atoms with van der Waals surface area (Å²) in [5, 5.41) is 9.85. The average Bonchev–Trinajstić information content (AvgIpc) is 3.43. The number of thiocarbonyl (C=S) groups is 1. The van der Waals surface area contributed by atoms with Crippen LogP contribution < -0.4 is 10.5 Å². The number of carbonyl (C=O) groups is 1. The molecule has 1 aromatic carbocycles. The number of sulfone groups is 1. The van der Waals surface area contributed by atoms with Crippen LogP contribution in [-0.2, 0) is 27.7 Å². The van der Waals surface area contributed by atoms with E-state index in [0.29, 0.717) is 52.2 Å². The largest absolute Gasteiger partial charge is 0.355 e. The molecule has 1 amide bonds. The molecule has 0 N–H and O–H groups in total. The van der Waals surface area contributed by atoms with Gasteiger partial charge in [-0.05, 0) is 37.5 Å². The van der Waals surface area contributed by atoms with Crippen molar-refractivity contribution in [3.05, 3.63) is 67.8 Å². The summed E-state index contributed by atoms with van der Waals surface area (Å²) in [6.07, 6.45) is 2.09. The van der Waals surface area contributed by atoms with E-state index in [1.165, 1.54) is 10.5 Å². The number of pyridine rings is 1. The molecule has 1 atom stereocenters. The van der Waals surface area contributed by atoms with Gasteiger partial charge in [0.05, 0.1) is 22.5 Å². The predicted molar refractivity (Wildman–Crippen MR) is 162 cm³/mol. The first-order chi connectivity index (χ1) is 19.1. The Bertz CT molecular complexity index is 1590. The van der Waals surface area contributed by atoms with Gasteiger partial charge in [-0.2, -0.15) is 5.26 Å². The van der Waals surface area contributed by atoms with Crippen LogP contribution >= 0.6 is 24.0 Å². The number of nitriles is 1. The number of piperazine rings is 1. The Hall–Kier alpha value is -2.98. The van der Waals surface area contributed by atoms with E-state index in [2.05, 4.69) is 28.0 Å². The fourth-order valence-corrected chi connectivity index (χ4v) is 8.72. The molecular formula is C28H31N5O4S3. The molecule has 0 spiro atoms. The number of hydrogen-bond donors (Lipinski definition) is 0. The first-order valence-corrected chi connectivity index (χ1v) is 16.3. The smallest absolute Gasteiger partial charge is 0.270 e. The van der Waals surface area contributed by atoms with Gasteiger partial charge in [0.15, 0.2) is 9.84 Å². The number of hydrogen-bond acceptors (Lipinski definition) is 9. The van der Waals surface area contributed by atoms with Gasteiger partial charge in [0, 0.05) is 44.8 Å². The molecular weight excluding hydrogens is 567 g/mol. The Labute approximate surface area is 244 Å². The number of aromatic nitrogens is 1. The lowest BCUT2D eigenvalue weighted by Gasteiger charge is -2.38. The van der Waals surface area contributed by atoms with E-state index in [1.54, 1.807) is 17.6 Å². The van der Waals surface area contributed by atoms with Crippen molar-refractivity contribution < 1.29 is 13.2 Å². The Morgan fingerprint density at radius 3 is 2.45 bits per heavy atom. The van der Waals surface area contributed by atoms with Crippen LogP contribution in [0.1, 0.15) is 35.6 Å². The summed E-state index contributed by atoms with van der Waals surface area (Å²) in [4.78, 5) is 33.2. The third kappa shape index (κ3) is 5.48. The molecule has 5 rings (SSSR count). The highest BCUT2D eigenvalue weighted by molar-refractivity contribution is 8.26. The molecule has 2 aromatic rings. The SMILES string of the molecule is CCn1c(N2CCN(Cc3ccccc3)CC2)c(/C=C2/SC(=S)N(C3CCS(=O)(=O)C3)C2=O)c(C)c(C#N)c1=O. The monoisotopic (exact) mass is 597 g/mol. The Kier molecular flexibility index (Phi) is 8.20. The molecule has 0 radical (unpaired) electrons. The second-order valence-electron chi connectivity index (χ2n) is 10.3. The maximum absolute atomic E-state index is 13.5. The lowest BCUT2D eigenvalue weighted by Crippen LogP contribution is -2.48. The van der Waals surface area contributed by atoms with Crippen molar-refractivity contribution in [2.45, 2.75) is 39.4 Å². The number of rotatable bonds is 6. The summed E-state index contributed by atoms with van der Waals surface area (Å²) in [5.74, 6) is 0.309. The molecule has 3 aliphatic rings. The van der Waals surface area contributed by atoms with E-state index in [-0.39, 0.29) is 28.5 Å². The van der Waals surface area contributed by atoms with Crippen molar-refractivity contribution in [1.82, 2.24) is 14.4 Å². The zero-order valence-corrected chi connectivity index (χ0v) is 24.9. The fraction of sp³-hybridized carbons (Fsp3) is 0.429. The average molecular weight is 598 g/mol. The van der Waals surface area contributed by atoms with Crippen LogP contribution in [0.4, 0.5) is 5.82 Å². The highest BCUT2D eigenvalue weighted by Gasteiger charge is 2.42. The Morgan fingerprint density at radius 2 is 1.85 bits per heavy atom. The topological polar surface area (TPSA) is 107 Å². The molecule has 1 aromatic heterocycles. The molecule has 12 heteroatoms. The molecule has 3 fully saturated rings. The molecule has 3 saturated heterocycles. The molecule has 3 aliphatic heterocycles. The maximum atomic E-state index is 13.5. The van der Waals surface area contributed by atoms with E-state index < -0.39 is 15.9 Å². The van der Waals surface area contributed by atoms with Crippen LogP contribution in [0.2, 0.25) is 0 Å². The molecule has 0 bridgehead atoms.